The average Bonchev–Trinajstić information content (AvgIpc) is 2.91. The summed E-state index contributed by atoms with van der Waals surface area (Å²) >= 11 is 6.49. The van der Waals surface area contributed by atoms with Crippen LogP contribution in [0.4, 0.5) is 11.5 Å². The highest BCUT2D eigenvalue weighted by Gasteiger charge is 2.18. The second-order valence-corrected chi connectivity index (χ2v) is 8.76. The number of methoxy groups -OCH3 is 1. The minimum Gasteiger partial charge on any atom is -0.491 e. The number of ether oxygens (including phenoxy) is 3. The quantitative estimate of drug-likeness (QED) is 0.298. The fourth-order valence-electron chi connectivity index (χ4n) is 3.55. The van der Waals surface area contributed by atoms with E-state index in [-0.39, 0.29) is 25.2 Å². The fourth-order valence-corrected chi connectivity index (χ4v) is 3.79. The molecule has 0 aliphatic heterocycles. The number of hydrogen-bond acceptors (Lipinski definition) is 8. The molecule has 2 aromatic heterocycles. The van der Waals surface area contributed by atoms with Gasteiger partial charge in [0.05, 0.1) is 27.7 Å². The van der Waals surface area contributed by atoms with E-state index < -0.39 is 0 Å². The minimum absolute atomic E-state index is 0.0204. The highest BCUT2D eigenvalue weighted by Crippen LogP contribution is 2.34. The Bertz CT molecular complexity index is 1350. The van der Waals surface area contributed by atoms with E-state index in [1.807, 2.05) is 49.4 Å². The van der Waals surface area contributed by atoms with Crippen molar-refractivity contribution in [3.8, 4) is 11.5 Å². The molecule has 2 aromatic carbocycles. The van der Waals surface area contributed by atoms with Crippen LogP contribution >= 0.6 is 11.6 Å². The van der Waals surface area contributed by atoms with Crippen molar-refractivity contribution >= 4 is 39.9 Å². The second-order valence-electron chi connectivity index (χ2n) is 8.35. The number of fused-ring (bicyclic) bond motifs is 1. The Kier molecular flexibility index (Phi) is 8.71. The lowest BCUT2D eigenvalue weighted by atomic mass is 10.2. The number of benzene rings is 2. The normalized spacial score (nSPS) is 11.7. The molecule has 4 rings (SSSR count). The molecule has 37 heavy (non-hydrogen) atoms. The van der Waals surface area contributed by atoms with E-state index in [1.165, 1.54) is 13.4 Å². The minimum atomic E-state index is -0.170. The standard InChI is InChI=1S/C27H28ClN5O4/c1-18(33(2)25(34)16-35-3)14-36-24-9-6-8-22-26(24)27(31-17-30-22)32-19-10-11-23(21(28)13-19)37-15-20-7-4-5-12-29-20/h4-13,17-18H,14-16H2,1-3H3,(H,30,31,32). The van der Waals surface area contributed by atoms with Gasteiger partial charge in [0, 0.05) is 26.0 Å². The lowest BCUT2D eigenvalue weighted by molar-refractivity contribution is -0.136. The van der Waals surface area contributed by atoms with E-state index in [0.717, 1.165) is 16.8 Å². The molecule has 0 radical (unpaired) electrons. The second kappa shape index (κ2) is 12.3. The topological polar surface area (TPSA) is 98.7 Å². The number of pyridine rings is 1. The molecule has 0 fully saturated rings. The molecule has 1 unspecified atom stereocenters. The molecule has 0 bridgehead atoms. The first-order chi connectivity index (χ1) is 18.0. The van der Waals surface area contributed by atoms with Gasteiger partial charge in [0.25, 0.3) is 0 Å². The van der Waals surface area contributed by atoms with Crippen LogP contribution in [-0.4, -0.2) is 59.2 Å². The van der Waals surface area contributed by atoms with Gasteiger partial charge < -0.3 is 24.4 Å². The molecule has 4 aromatic rings. The van der Waals surface area contributed by atoms with E-state index in [4.69, 9.17) is 25.8 Å². The summed E-state index contributed by atoms with van der Waals surface area (Å²) in [7, 11) is 3.22. The van der Waals surface area contributed by atoms with Crippen molar-refractivity contribution < 1.29 is 19.0 Å². The van der Waals surface area contributed by atoms with Gasteiger partial charge in [0.1, 0.15) is 43.5 Å². The predicted octanol–water partition coefficient (Wildman–Crippen LogP) is 4.87. The number of rotatable bonds is 11. The summed E-state index contributed by atoms with van der Waals surface area (Å²) in [5.74, 6) is 1.60. The van der Waals surface area contributed by atoms with Crippen molar-refractivity contribution in [2.75, 3.05) is 32.7 Å². The van der Waals surface area contributed by atoms with Gasteiger partial charge in [-0.25, -0.2) is 9.97 Å². The third-order valence-electron chi connectivity index (χ3n) is 5.72. The number of aromatic nitrogens is 3. The van der Waals surface area contributed by atoms with Crippen molar-refractivity contribution in [1.29, 1.82) is 0 Å². The van der Waals surface area contributed by atoms with Gasteiger partial charge in [0.15, 0.2) is 0 Å². The molecule has 0 saturated heterocycles. The van der Waals surface area contributed by atoms with Crippen LogP contribution in [0.25, 0.3) is 10.9 Å². The zero-order valence-electron chi connectivity index (χ0n) is 20.8. The van der Waals surface area contributed by atoms with Gasteiger partial charge in [-0.3, -0.25) is 9.78 Å². The largest absolute Gasteiger partial charge is 0.491 e. The Balaban J connectivity index is 1.50. The van der Waals surface area contributed by atoms with Crippen LogP contribution in [0.3, 0.4) is 0 Å². The van der Waals surface area contributed by atoms with Crippen LogP contribution in [0, 0.1) is 0 Å². The zero-order valence-corrected chi connectivity index (χ0v) is 21.6. The first-order valence-electron chi connectivity index (χ1n) is 11.7. The van der Waals surface area contributed by atoms with Crippen molar-refractivity contribution in [1.82, 2.24) is 19.9 Å². The molecule has 0 aliphatic carbocycles. The number of likely N-dealkylation sites (N-methyl/N-ethyl adjacent to an activating group) is 1. The summed E-state index contributed by atoms with van der Waals surface area (Å²) in [6, 6.07) is 16.5. The summed E-state index contributed by atoms with van der Waals surface area (Å²) in [6.07, 6.45) is 3.21. The molecule has 1 amide bonds. The number of carbonyl (C=O) groups is 1. The van der Waals surface area contributed by atoms with Crippen LogP contribution in [-0.2, 0) is 16.1 Å². The van der Waals surface area contributed by atoms with Crippen LogP contribution in [0.2, 0.25) is 5.02 Å². The number of carbonyl (C=O) groups excluding carboxylic acids is 1. The number of amides is 1. The Hall–Kier alpha value is -3.95. The van der Waals surface area contributed by atoms with Crippen molar-refractivity contribution in [3.05, 3.63) is 77.8 Å². The van der Waals surface area contributed by atoms with Gasteiger partial charge in [-0.2, -0.15) is 0 Å². The fraction of sp³-hybridized carbons (Fsp3) is 0.259. The Labute approximate surface area is 220 Å². The summed E-state index contributed by atoms with van der Waals surface area (Å²) in [5.41, 5.74) is 2.25. The van der Waals surface area contributed by atoms with E-state index in [2.05, 4.69) is 20.3 Å². The molecule has 0 saturated carbocycles. The molecule has 1 atom stereocenters. The maximum Gasteiger partial charge on any atom is 0.248 e. The zero-order chi connectivity index (χ0) is 26.2. The number of hydrogen-bond donors (Lipinski definition) is 1. The molecule has 0 spiro atoms. The molecule has 9 nitrogen and oxygen atoms in total. The maximum atomic E-state index is 12.1. The first-order valence-corrected chi connectivity index (χ1v) is 12.0. The van der Waals surface area contributed by atoms with E-state index in [1.54, 1.807) is 30.3 Å². The average molecular weight is 522 g/mol. The molecule has 2 heterocycles. The van der Waals surface area contributed by atoms with Crippen LogP contribution < -0.4 is 14.8 Å². The number of nitrogens with zero attached hydrogens (tertiary/aromatic N) is 4. The highest BCUT2D eigenvalue weighted by molar-refractivity contribution is 6.32. The predicted molar refractivity (Wildman–Crippen MR) is 142 cm³/mol. The van der Waals surface area contributed by atoms with Crippen LogP contribution in [0.5, 0.6) is 11.5 Å². The SMILES string of the molecule is COCC(=O)N(C)C(C)COc1cccc2ncnc(Nc3ccc(OCc4ccccn4)c(Cl)c3)c12. The third-order valence-corrected chi connectivity index (χ3v) is 6.02. The van der Waals surface area contributed by atoms with Crippen LogP contribution in [0.15, 0.2) is 67.1 Å². The monoisotopic (exact) mass is 521 g/mol. The lowest BCUT2D eigenvalue weighted by Crippen LogP contribution is -2.40. The summed E-state index contributed by atoms with van der Waals surface area (Å²) < 4.78 is 16.9. The van der Waals surface area contributed by atoms with Gasteiger partial charge >= 0.3 is 0 Å². The van der Waals surface area contributed by atoms with E-state index in [9.17, 15) is 4.79 Å². The van der Waals surface area contributed by atoms with E-state index in [0.29, 0.717) is 34.5 Å². The molecule has 10 heteroatoms. The van der Waals surface area contributed by atoms with Crippen molar-refractivity contribution in [2.45, 2.75) is 19.6 Å². The maximum absolute atomic E-state index is 12.1. The van der Waals surface area contributed by atoms with E-state index >= 15 is 0 Å². The Morgan fingerprint density at radius 3 is 2.68 bits per heavy atom. The lowest BCUT2D eigenvalue weighted by Gasteiger charge is -2.25. The Morgan fingerprint density at radius 1 is 1.05 bits per heavy atom. The smallest absolute Gasteiger partial charge is 0.248 e. The molecule has 0 aliphatic rings. The number of nitrogens with one attached hydrogen (secondary N) is 1. The first kappa shape index (κ1) is 26.1. The van der Waals surface area contributed by atoms with Crippen molar-refractivity contribution in [2.24, 2.45) is 0 Å². The molecular formula is C27H28ClN5O4. The van der Waals surface area contributed by atoms with Gasteiger partial charge in [-0.1, -0.05) is 23.7 Å². The summed E-state index contributed by atoms with van der Waals surface area (Å²) in [5, 5.41) is 4.48. The summed E-state index contributed by atoms with van der Waals surface area (Å²) in [4.78, 5) is 26.8. The number of anilines is 2. The van der Waals surface area contributed by atoms with Gasteiger partial charge in [0.2, 0.25) is 5.91 Å². The van der Waals surface area contributed by atoms with Gasteiger partial charge in [-0.15, -0.1) is 0 Å². The van der Waals surface area contributed by atoms with Crippen molar-refractivity contribution in [3.63, 3.8) is 0 Å². The summed E-state index contributed by atoms with van der Waals surface area (Å²) in [6.45, 7) is 2.53. The molecular weight excluding hydrogens is 494 g/mol. The Morgan fingerprint density at radius 2 is 1.92 bits per heavy atom. The van der Waals surface area contributed by atoms with Crippen LogP contribution in [0.1, 0.15) is 12.6 Å². The molecule has 192 valence electrons. The molecule has 1 N–H and O–H groups in total. The van der Waals surface area contributed by atoms with Gasteiger partial charge in [-0.05, 0) is 49.4 Å². The number of halogens is 1. The third kappa shape index (κ3) is 6.63. The highest BCUT2D eigenvalue weighted by atomic mass is 35.5.